The number of rotatable bonds is 11. The lowest BCUT2D eigenvalue weighted by molar-refractivity contribution is -0.141. The molecule has 0 bridgehead atoms. The maximum Gasteiger partial charge on any atom is 0.307 e. The van der Waals surface area contributed by atoms with Crippen LogP contribution in [0.1, 0.15) is 42.6 Å². The van der Waals surface area contributed by atoms with E-state index in [0.29, 0.717) is 11.9 Å². The molecule has 1 heterocycles. The maximum atomic E-state index is 12.7. The molecule has 3 rings (SSSR count). The lowest BCUT2D eigenvalue weighted by Gasteiger charge is -2.24. The molecule has 3 aromatic rings. The van der Waals surface area contributed by atoms with Crippen LogP contribution < -0.4 is 4.90 Å². The quantitative estimate of drug-likeness (QED) is 0.280. The van der Waals surface area contributed by atoms with Crippen molar-refractivity contribution in [2.24, 2.45) is 11.8 Å². The van der Waals surface area contributed by atoms with Crippen LogP contribution in [0.25, 0.3) is 6.08 Å². The smallest absolute Gasteiger partial charge is 0.307 e. The van der Waals surface area contributed by atoms with Crippen molar-refractivity contribution in [3.63, 3.8) is 0 Å². The van der Waals surface area contributed by atoms with Gasteiger partial charge in [0.05, 0.1) is 21.5 Å². The van der Waals surface area contributed by atoms with Crippen LogP contribution in [0, 0.1) is 11.8 Å². The van der Waals surface area contributed by atoms with Gasteiger partial charge >= 0.3 is 5.97 Å². The number of carbonyl (C=O) groups excluding carboxylic acids is 1. The zero-order valence-electron chi connectivity index (χ0n) is 19.6. The highest BCUT2D eigenvalue weighted by molar-refractivity contribution is 6.39. The van der Waals surface area contributed by atoms with Gasteiger partial charge in [0.2, 0.25) is 5.95 Å². The molecule has 0 aliphatic carbocycles. The summed E-state index contributed by atoms with van der Waals surface area (Å²) in [6, 6.07) is 14.4. The van der Waals surface area contributed by atoms with Crippen molar-refractivity contribution in [1.29, 1.82) is 0 Å². The van der Waals surface area contributed by atoms with E-state index in [1.54, 1.807) is 42.7 Å². The Kier molecular flexibility index (Phi) is 9.40. The van der Waals surface area contributed by atoms with Gasteiger partial charge in [0.1, 0.15) is 0 Å². The number of halogens is 2. The summed E-state index contributed by atoms with van der Waals surface area (Å²) in [6.07, 6.45) is 7.05. The molecular weight excluding hydrogens is 485 g/mol. The summed E-state index contributed by atoms with van der Waals surface area (Å²) in [4.78, 5) is 35.2. The highest BCUT2D eigenvalue weighted by atomic mass is 35.5. The third-order valence-electron chi connectivity index (χ3n) is 5.30. The summed E-state index contributed by atoms with van der Waals surface area (Å²) < 4.78 is 0. The third kappa shape index (κ3) is 7.38. The molecule has 6 nitrogen and oxygen atoms in total. The summed E-state index contributed by atoms with van der Waals surface area (Å²) in [5.74, 6) is -1.28. The van der Waals surface area contributed by atoms with E-state index in [0.717, 1.165) is 17.8 Å². The highest BCUT2D eigenvalue weighted by Crippen LogP contribution is 2.28. The van der Waals surface area contributed by atoms with Gasteiger partial charge in [-0.15, -0.1) is 0 Å². The number of allylic oxidation sites excluding steroid dienone is 1. The molecule has 0 saturated carbocycles. The second-order valence-electron chi connectivity index (χ2n) is 8.54. The summed E-state index contributed by atoms with van der Waals surface area (Å²) >= 11 is 12.2. The van der Waals surface area contributed by atoms with Crippen LogP contribution in [0.5, 0.6) is 0 Å². The Morgan fingerprint density at radius 3 is 2.20 bits per heavy atom. The zero-order chi connectivity index (χ0) is 25.4. The lowest BCUT2D eigenvalue weighted by Crippen LogP contribution is -2.24. The largest absolute Gasteiger partial charge is 0.481 e. The Labute approximate surface area is 215 Å². The third-order valence-corrected chi connectivity index (χ3v) is 5.93. The average molecular weight is 512 g/mol. The number of Topliss-reactive ketones (excluding diaryl/α,β-unsaturated/α-hetero) is 1. The van der Waals surface area contributed by atoms with Gasteiger partial charge in [-0.1, -0.05) is 67.4 Å². The predicted octanol–water partition coefficient (Wildman–Crippen LogP) is 6.95. The number of hydrogen-bond donors (Lipinski definition) is 1. The summed E-state index contributed by atoms with van der Waals surface area (Å²) in [5.41, 5.74) is 2.04. The normalized spacial score (nSPS) is 12.1. The number of hydrogen-bond acceptors (Lipinski definition) is 5. The second-order valence-corrected chi connectivity index (χ2v) is 9.36. The number of aromatic nitrogens is 2. The van der Waals surface area contributed by atoms with Crippen LogP contribution >= 0.6 is 23.2 Å². The first-order chi connectivity index (χ1) is 16.8. The van der Waals surface area contributed by atoms with E-state index < -0.39 is 11.9 Å². The molecule has 0 fully saturated rings. The lowest BCUT2D eigenvalue weighted by atomic mass is 9.95. The molecule has 8 heteroatoms. The number of nitrogens with zero attached hydrogens (tertiary/aromatic N) is 3. The van der Waals surface area contributed by atoms with Crippen molar-refractivity contribution in [2.75, 3.05) is 11.4 Å². The first-order valence-electron chi connectivity index (χ1n) is 11.3. The first-order valence-corrected chi connectivity index (χ1v) is 12.0. The minimum Gasteiger partial charge on any atom is -0.481 e. The molecule has 1 atom stereocenters. The van der Waals surface area contributed by atoms with E-state index in [9.17, 15) is 14.7 Å². The number of carboxylic acid groups (broad SMARTS) is 1. The van der Waals surface area contributed by atoms with Crippen LogP contribution in [0.3, 0.4) is 0 Å². The number of ketones is 1. The highest BCUT2D eigenvalue weighted by Gasteiger charge is 2.23. The fourth-order valence-corrected chi connectivity index (χ4v) is 4.20. The van der Waals surface area contributed by atoms with Crippen LogP contribution in [0.4, 0.5) is 11.6 Å². The molecule has 2 aromatic carbocycles. The maximum absolute atomic E-state index is 12.7. The molecule has 0 radical (unpaired) electrons. The summed E-state index contributed by atoms with van der Waals surface area (Å²) in [5, 5.41) is 10.0. The Morgan fingerprint density at radius 2 is 1.63 bits per heavy atom. The number of aliphatic carboxylic acids is 1. The van der Waals surface area contributed by atoms with Crippen LogP contribution in [0.15, 0.2) is 67.0 Å². The van der Waals surface area contributed by atoms with Crippen molar-refractivity contribution in [1.82, 2.24) is 9.97 Å². The second kappa shape index (κ2) is 12.5. The van der Waals surface area contributed by atoms with Gasteiger partial charge in [0, 0.05) is 31.0 Å². The SMILES string of the molecule is CC(C)CN(c1ccc(/C=C/CC(CC(=O)c2c(Cl)cccc2Cl)C(=O)O)cc1)c1ncccn1. The molecule has 0 amide bonds. The Bertz CT molecular complexity index is 1160. The van der Waals surface area contributed by atoms with Crippen LogP contribution in [0.2, 0.25) is 10.0 Å². The van der Waals surface area contributed by atoms with E-state index in [4.69, 9.17) is 23.2 Å². The molecule has 1 aromatic heterocycles. The summed E-state index contributed by atoms with van der Waals surface area (Å²) in [6.45, 7) is 5.04. The molecule has 182 valence electrons. The van der Waals surface area contributed by atoms with E-state index >= 15 is 0 Å². The fraction of sp³-hybridized carbons (Fsp3) is 0.259. The molecule has 0 spiro atoms. The molecule has 1 unspecified atom stereocenters. The minimum atomic E-state index is -1.05. The Hall–Kier alpha value is -3.22. The van der Waals surface area contributed by atoms with Gasteiger partial charge in [0.15, 0.2) is 5.78 Å². The zero-order valence-corrected chi connectivity index (χ0v) is 21.1. The van der Waals surface area contributed by atoms with E-state index in [-0.39, 0.29) is 34.2 Å². The number of benzene rings is 2. The van der Waals surface area contributed by atoms with Gasteiger partial charge in [-0.3, -0.25) is 9.59 Å². The van der Waals surface area contributed by atoms with E-state index in [2.05, 4.69) is 28.7 Å². The van der Waals surface area contributed by atoms with Crippen molar-refractivity contribution < 1.29 is 14.7 Å². The van der Waals surface area contributed by atoms with Gasteiger partial charge in [-0.25, -0.2) is 9.97 Å². The Morgan fingerprint density at radius 1 is 1.00 bits per heavy atom. The molecule has 1 N–H and O–H groups in total. The topological polar surface area (TPSA) is 83.4 Å². The molecule has 0 saturated heterocycles. The number of carbonyl (C=O) groups is 2. The van der Waals surface area contributed by atoms with Gasteiger partial charge in [0.25, 0.3) is 0 Å². The average Bonchev–Trinajstić information content (AvgIpc) is 2.82. The fourth-order valence-electron chi connectivity index (χ4n) is 3.59. The molecule has 0 aliphatic heterocycles. The molecule has 0 aliphatic rings. The predicted molar refractivity (Wildman–Crippen MR) is 141 cm³/mol. The van der Waals surface area contributed by atoms with Crippen LogP contribution in [-0.4, -0.2) is 33.4 Å². The van der Waals surface area contributed by atoms with Crippen molar-refractivity contribution in [3.05, 3.63) is 88.2 Å². The molecular formula is C27H27Cl2N3O3. The number of anilines is 2. The van der Waals surface area contributed by atoms with Crippen molar-refractivity contribution >= 4 is 52.7 Å². The van der Waals surface area contributed by atoms with E-state index in [1.807, 2.05) is 30.3 Å². The Balaban J connectivity index is 1.68. The summed E-state index contributed by atoms with van der Waals surface area (Å²) in [7, 11) is 0. The van der Waals surface area contributed by atoms with Gasteiger partial charge < -0.3 is 10.0 Å². The van der Waals surface area contributed by atoms with Crippen molar-refractivity contribution in [2.45, 2.75) is 26.7 Å². The van der Waals surface area contributed by atoms with E-state index in [1.165, 1.54) is 0 Å². The van der Waals surface area contributed by atoms with Crippen molar-refractivity contribution in [3.8, 4) is 0 Å². The molecule has 35 heavy (non-hydrogen) atoms. The minimum absolute atomic E-state index is 0.162. The monoisotopic (exact) mass is 511 g/mol. The van der Waals surface area contributed by atoms with Gasteiger partial charge in [-0.05, 0) is 48.2 Å². The van der Waals surface area contributed by atoms with Gasteiger partial charge in [-0.2, -0.15) is 0 Å². The number of carboxylic acids is 1. The van der Waals surface area contributed by atoms with Crippen LogP contribution in [-0.2, 0) is 4.79 Å². The first kappa shape index (κ1) is 26.4. The standard InChI is InChI=1S/C27H27Cl2N3O3/c1-18(2)17-32(27-30-14-5-15-31-27)21-12-10-19(11-13-21)6-3-7-20(26(34)35)16-24(33)25-22(28)8-4-9-23(25)29/h3-6,8-15,18,20H,7,16-17H2,1-2H3,(H,34,35)/b6-3+.